The van der Waals surface area contributed by atoms with Gasteiger partial charge in [0.05, 0.1) is 0 Å². The lowest BCUT2D eigenvalue weighted by Gasteiger charge is -2.32. The summed E-state index contributed by atoms with van der Waals surface area (Å²) in [5, 5.41) is 3.28. The second-order valence-electron chi connectivity index (χ2n) is 6.12. The zero-order valence-corrected chi connectivity index (χ0v) is 13.2. The number of aromatic nitrogens is 2. The van der Waals surface area contributed by atoms with E-state index in [0.717, 1.165) is 30.5 Å². The highest BCUT2D eigenvalue weighted by molar-refractivity contribution is 5.78. The standard InChI is InChI=1S/C17H23N5/c1-12-3-5-14(6-4-12)21-16-15(18)17(20-11-19-16)22-9-7-13(2)8-10-22/h3-6,11,13H,7-10,18H2,1-2H3,(H,19,20,21). The third kappa shape index (κ3) is 3.13. The summed E-state index contributed by atoms with van der Waals surface area (Å²) in [4.78, 5) is 10.9. The van der Waals surface area contributed by atoms with Crippen molar-refractivity contribution in [1.29, 1.82) is 0 Å². The number of piperidine rings is 1. The highest BCUT2D eigenvalue weighted by Gasteiger charge is 2.20. The van der Waals surface area contributed by atoms with Crippen molar-refractivity contribution in [1.82, 2.24) is 9.97 Å². The van der Waals surface area contributed by atoms with Gasteiger partial charge in [-0.1, -0.05) is 24.6 Å². The van der Waals surface area contributed by atoms with Gasteiger partial charge < -0.3 is 16.0 Å². The van der Waals surface area contributed by atoms with E-state index in [1.807, 2.05) is 12.1 Å². The molecule has 2 aromatic rings. The Morgan fingerprint density at radius 1 is 1.14 bits per heavy atom. The van der Waals surface area contributed by atoms with Gasteiger partial charge in [-0.05, 0) is 37.8 Å². The molecule has 0 spiro atoms. The molecule has 0 radical (unpaired) electrons. The van der Waals surface area contributed by atoms with Crippen LogP contribution in [0, 0.1) is 12.8 Å². The maximum atomic E-state index is 6.30. The molecule has 2 heterocycles. The largest absolute Gasteiger partial charge is 0.393 e. The normalized spacial score (nSPS) is 15.8. The van der Waals surface area contributed by atoms with Gasteiger partial charge in [-0.3, -0.25) is 0 Å². The van der Waals surface area contributed by atoms with E-state index in [0.29, 0.717) is 11.5 Å². The first kappa shape index (κ1) is 14.6. The molecule has 3 rings (SSSR count). The number of benzene rings is 1. The Labute approximate surface area is 131 Å². The highest BCUT2D eigenvalue weighted by Crippen LogP contribution is 2.31. The molecule has 1 saturated heterocycles. The van der Waals surface area contributed by atoms with Crippen LogP contribution in [0.3, 0.4) is 0 Å². The second kappa shape index (κ2) is 6.22. The minimum Gasteiger partial charge on any atom is -0.393 e. The summed E-state index contributed by atoms with van der Waals surface area (Å²) >= 11 is 0. The van der Waals surface area contributed by atoms with E-state index >= 15 is 0 Å². The van der Waals surface area contributed by atoms with Crippen LogP contribution >= 0.6 is 0 Å². The first-order valence-corrected chi connectivity index (χ1v) is 7.82. The van der Waals surface area contributed by atoms with Crippen LogP contribution < -0.4 is 16.0 Å². The molecule has 5 nitrogen and oxygen atoms in total. The monoisotopic (exact) mass is 297 g/mol. The summed E-state index contributed by atoms with van der Waals surface area (Å²) in [6.45, 7) is 6.38. The Morgan fingerprint density at radius 3 is 2.50 bits per heavy atom. The van der Waals surface area contributed by atoms with Gasteiger partial charge in [0, 0.05) is 18.8 Å². The maximum absolute atomic E-state index is 6.30. The van der Waals surface area contributed by atoms with E-state index in [1.54, 1.807) is 6.33 Å². The average Bonchev–Trinajstić information content (AvgIpc) is 2.53. The second-order valence-corrected chi connectivity index (χ2v) is 6.12. The van der Waals surface area contributed by atoms with Crippen molar-refractivity contribution in [2.75, 3.05) is 29.0 Å². The lowest BCUT2D eigenvalue weighted by molar-refractivity contribution is 0.437. The molecule has 3 N–H and O–H groups in total. The number of hydrogen-bond acceptors (Lipinski definition) is 5. The first-order valence-electron chi connectivity index (χ1n) is 7.82. The van der Waals surface area contributed by atoms with Gasteiger partial charge in [-0.25, -0.2) is 9.97 Å². The topological polar surface area (TPSA) is 67.1 Å². The number of rotatable bonds is 3. The fourth-order valence-corrected chi connectivity index (χ4v) is 2.73. The number of nitrogen functional groups attached to an aromatic ring is 1. The Kier molecular flexibility index (Phi) is 4.13. The molecule has 1 fully saturated rings. The molecule has 1 aliphatic rings. The van der Waals surface area contributed by atoms with Gasteiger partial charge >= 0.3 is 0 Å². The molecule has 1 aromatic heterocycles. The summed E-state index contributed by atoms with van der Waals surface area (Å²) in [5.74, 6) is 2.30. The Bertz CT molecular complexity index is 630. The Hall–Kier alpha value is -2.30. The third-order valence-electron chi connectivity index (χ3n) is 4.26. The van der Waals surface area contributed by atoms with Crippen molar-refractivity contribution >= 4 is 23.0 Å². The molecule has 0 unspecified atom stereocenters. The van der Waals surface area contributed by atoms with Crippen LogP contribution in [0.4, 0.5) is 23.0 Å². The summed E-state index contributed by atoms with van der Waals surface area (Å²) in [6, 6.07) is 8.18. The van der Waals surface area contributed by atoms with E-state index in [1.165, 1.54) is 18.4 Å². The summed E-state index contributed by atoms with van der Waals surface area (Å²) in [6.07, 6.45) is 3.95. The fourth-order valence-electron chi connectivity index (χ4n) is 2.73. The molecule has 0 amide bonds. The van der Waals surface area contributed by atoms with E-state index in [-0.39, 0.29) is 0 Å². The minimum atomic E-state index is 0.623. The summed E-state index contributed by atoms with van der Waals surface area (Å²) in [5.41, 5.74) is 9.13. The third-order valence-corrected chi connectivity index (χ3v) is 4.26. The maximum Gasteiger partial charge on any atom is 0.159 e. The predicted molar refractivity (Wildman–Crippen MR) is 91.5 cm³/mol. The van der Waals surface area contributed by atoms with Crippen LogP contribution in [0.25, 0.3) is 0 Å². The zero-order chi connectivity index (χ0) is 15.5. The van der Waals surface area contributed by atoms with Crippen LogP contribution in [0.1, 0.15) is 25.3 Å². The van der Waals surface area contributed by atoms with Crippen LogP contribution in [0.5, 0.6) is 0 Å². The molecule has 0 saturated carbocycles. The van der Waals surface area contributed by atoms with Gasteiger partial charge in [-0.15, -0.1) is 0 Å². The van der Waals surface area contributed by atoms with Crippen molar-refractivity contribution in [2.24, 2.45) is 5.92 Å². The van der Waals surface area contributed by atoms with Crippen LogP contribution in [-0.4, -0.2) is 23.1 Å². The van der Waals surface area contributed by atoms with Crippen molar-refractivity contribution < 1.29 is 0 Å². The molecule has 0 bridgehead atoms. The van der Waals surface area contributed by atoms with Crippen LogP contribution in [0.2, 0.25) is 0 Å². The smallest absolute Gasteiger partial charge is 0.159 e. The van der Waals surface area contributed by atoms with Gasteiger partial charge in [0.25, 0.3) is 0 Å². The van der Waals surface area contributed by atoms with Gasteiger partial charge in [0.2, 0.25) is 0 Å². The molecule has 1 aliphatic heterocycles. The molecule has 5 heteroatoms. The van der Waals surface area contributed by atoms with Crippen LogP contribution in [0.15, 0.2) is 30.6 Å². The van der Waals surface area contributed by atoms with Crippen molar-refractivity contribution in [3.63, 3.8) is 0 Å². The molecule has 22 heavy (non-hydrogen) atoms. The fraction of sp³-hybridized carbons (Fsp3) is 0.412. The lowest BCUT2D eigenvalue weighted by atomic mass is 9.99. The van der Waals surface area contributed by atoms with Gasteiger partial charge in [-0.2, -0.15) is 0 Å². The van der Waals surface area contributed by atoms with Crippen LogP contribution in [-0.2, 0) is 0 Å². The van der Waals surface area contributed by atoms with E-state index < -0.39 is 0 Å². The number of nitrogens with zero attached hydrogens (tertiary/aromatic N) is 3. The number of hydrogen-bond donors (Lipinski definition) is 2. The van der Waals surface area contributed by atoms with Crippen molar-refractivity contribution in [2.45, 2.75) is 26.7 Å². The van der Waals surface area contributed by atoms with Gasteiger partial charge in [0.1, 0.15) is 12.0 Å². The number of aryl methyl sites for hydroxylation is 1. The quantitative estimate of drug-likeness (QED) is 0.909. The lowest BCUT2D eigenvalue weighted by Crippen LogP contribution is -2.34. The van der Waals surface area contributed by atoms with E-state index in [2.05, 4.69) is 46.2 Å². The summed E-state index contributed by atoms with van der Waals surface area (Å²) < 4.78 is 0. The molecule has 0 atom stereocenters. The van der Waals surface area contributed by atoms with E-state index in [4.69, 9.17) is 5.73 Å². The Balaban J connectivity index is 1.81. The number of nitrogens with two attached hydrogens (primary N) is 1. The zero-order valence-electron chi connectivity index (χ0n) is 13.2. The predicted octanol–water partition coefficient (Wildman–Crippen LogP) is 3.35. The highest BCUT2D eigenvalue weighted by atomic mass is 15.2. The molecule has 1 aromatic carbocycles. The van der Waals surface area contributed by atoms with Crippen molar-refractivity contribution in [3.8, 4) is 0 Å². The summed E-state index contributed by atoms with van der Waals surface area (Å²) in [7, 11) is 0. The molecule has 116 valence electrons. The van der Waals surface area contributed by atoms with Crippen molar-refractivity contribution in [3.05, 3.63) is 36.2 Å². The van der Waals surface area contributed by atoms with Gasteiger partial charge in [0.15, 0.2) is 11.6 Å². The SMILES string of the molecule is Cc1ccc(Nc2ncnc(N3CCC(C)CC3)c2N)cc1. The number of nitrogens with one attached hydrogen (secondary N) is 1. The molecular weight excluding hydrogens is 274 g/mol. The minimum absolute atomic E-state index is 0.623. The number of anilines is 4. The first-order chi connectivity index (χ1) is 10.6. The average molecular weight is 297 g/mol. The molecular formula is C17H23N5. The van der Waals surface area contributed by atoms with E-state index in [9.17, 15) is 0 Å². The molecule has 0 aliphatic carbocycles. The Morgan fingerprint density at radius 2 is 1.82 bits per heavy atom.